The lowest BCUT2D eigenvalue weighted by Gasteiger charge is -2.32. The van der Waals surface area contributed by atoms with Gasteiger partial charge in [-0.2, -0.15) is 0 Å². The van der Waals surface area contributed by atoms with E-state index in [1.165, 1.54) is 12.8 Å². The van der Waals surface area contributed by atoms with Crippen LogP contribution >= 0.6 is 0 Å². The summed E-state index contributed by atoms with van der Waals surface area (Å²) >= 11 is 0. The van der Waals surface area contributed by atoms with Crippen molar-refractivity contribution in [3.05, 3.63) is 18.5 Å². The van der Waals surface area contributed by atoms with Gasteiger partial charge in [0, 0.05) is 11.7 Å². The van der Waals surface area contributed by atoms with E-state index in [9.17, 15) is 0 Å². The van der Waals surface area contributed by atoms with Crippen LogP contribution in [0.2, 0.25) is 0 Å². The first kappa shape index (κ1) is 17.7. The van der Waals surface area contributed by atoms with Gasteiger partial charge in [0.05, 0.1) is 24.0 Å². The predicted octanol–water partition coefficient (Wildman–Crippen LogP) is 2.10. The number of rotatable bonds is 4. The van der Waals surface area contributed by atoms with Crippen LogP contribution in [0.15, 0.2) is 18.5 Å². The Labute approximate surface area is 145 Å². The molecule has 0 saturated carbocycles. The van der Waals surface area contributed by atoms with Crippen LogP contribution in [0.5, 0.6) is 5.75 Å². The molecule has 0 N–H and O–H groups in total. The Bertz CT molecular complexity index is 555. The molecule has 0 radical (unpaired) electrons. The zero-order valence-electron chi connectivity index (χ0n) is 15.5. The second-order valence-corrected chi connectivity index (χ2v) is 8.10. The average molecular weight is 332 g/mol. The molecule has 24 heavy (non-hydrogen) atoms. The lowest BCUT2D eigenvalue weighted by molar-refractivity contribution is 0.00578. The van der Waals surface area contributed by atoms with Crippen LogP contribution in [0.25, 0.3) is 0 Å². The van der Waals surface area contributed by atoms with Crippen molar-refractivity contribution < 1.29 is 14.0 Å². The molecule has 5 nitrogen and oxygen atoms in total. The van der Waals surface area contributed by atoms with Crippen molar-refractivity contribution in [2.75, 3.05) is 26.7 Å². The van der Waals surface area contributed by atoms with Crippen molar-refractivity contribution in [2.24, 2.45) is 5.92 Å². The summed E-state index contributed by atoms with van der Waals surface area (Å²) < 4.78 is 18.2. The van der Waals surface area contributed by atoms with E-state index in [2.05, 4.69) is 44.6 Å². The SMILES string of the molecule is CN1CCC(COc2cncc(B3OC(C)(C)C(C)(C)O3)c2)CC1. The van der Waals surface area contributed by atoms with Gasteiger partial charge in [-0.25, -0.2) is 0 Å². The van der Waals surface area contributed by atoms with E-state index in [0.29, 0.717) is 5.92 Å². The van der Waals surface area contributed by atoms with Gasteiger partial charge in [0.25, 0.3) is 0 Å². The van der Waals surface area contributed by atoms with Crippen LogP contribution in [0, 0.1) is 5.92 Å². The number of hydrogen-bond acceptors (Lipinski definition) is 5. The maximum Gasteiger partial charge on any atom is 0.496 e. The van der Waals surface area contributed by atoms with E-state index in [1.54, 1.807) is 12.4 Å². The van der Waals surface area contributed by atoms with Gasteiger partial charge in [-0.1, -0.05) is 0 Å². The minimum atomic E-state index is -0.394. The smallest absolute Gasteiger partial charge is 0.492 e. The van der Waals surface area contributed by atoms with Gasteiger partial charge < -0.3 is 18.9 Å². The summed E-state index contributed by atoms with van der Waals surface area (Å²) in [6.07, 6.45) is 5.95. The number of piperidine rings is 1. The molecule has 0 unspecified atom stereocenters. The topological polar surface area (TPSA) is 43.8 Å². The second kappa shape index (κ2) is 6.66. The van der Waals surface area contributed by atoms with Crippen molar-refractivity contribution in [1.82, 2.24) is 9.88 Å². The van der Waals surface area contributed by atoms with E-state index < -0.39 is 7.12 Å². The Morgan fingerprint density at radius 3 is 2.42 bits per heavy atom. The summed E-state index contributed by atoms with van der Waals surface area (Å²) in [5.74, 6) is 1.42. The number of aromatic nitrogens is 1. The Kier molecular flexibility index (Phi) is 4.91. The molecule has 132 valence electrons. The van der Waals surface area contributed by atoms with Crippen LogP contribution in [0.3, 0.4) is 0 Å². The fourth-order valence-corrected chi connectivity index (χ4v) is 3.07. The van der Waals surface area contributed by atoms with Crippen molar-refractivity contribution in [3.8, 4) is 5.75 Å². The third kappa shape index (κ3) is 3.76. The summed E-state index contributed by atoms with van der Waals surface area (Å²) in [6.45, 7) is 11.3. The molecule has 1 aromatic heterocycles. The average Bonchev–Trinajstić information content (AvgIpc) is 2.75. The molecule has 0 aliphatic carbocycles. The highest BCUT2D eigenvalue weighted by Gasteiger charge is 2.51. The molecule has 0 bridgehead atoms. The molecule has 0 aromatic carbocycles. The lowest BCUT2D eigenvalue weighted by atomic mass is 9.80. The van der Waals surface area contributed by atoms with Gasteiger partial charge in [0.2, 0.25) is 0 Å². The maximum absolute atomic E-state index is 6.09. The summed E-state index contributed by atoms with van der Waals surface area (Å²) in [4.78, 5) is 6.68. The van der Waals surface area contributed by atoms with Crippen molar-refractivity contribution in [1.29, 1.82) is 0 Å². The summed E-state index contributed by atoms with van der Waals surface area (Å²) in [5.41, 5.74) is 0.222. The van der Waals surface area contributed by atoms with Crippen molar-refractivity contribution in [2.45, 2.75) is 51.7 Å². The molecule has 2 aliphatic heterocycles. The van der Waals surface area contributed by atoms with Gasteiger partial charge >= 0.3 is 7.12 Å². The Morgan fingerprint density at radius 1 is 1.17 bits per heavy atom. The molecule has 3 rings (SSSR count). The first-order valence-corrected chi connectivity index (χ1v) is 8.89. The number of hydrogen-bond donors (Lipinski definition) is 0. The highest BCUT2D eigenvalue weighted by Crippen LogP contribution is 2.36. The summed E-state index contributed by atoms with van der Waals surface area (Å²) in [5, 5.41) is 0. The predicted molar refractivity (Wildman–Crippen MR) is 95.7 cm³/mol. The van der Waals surface area contributed by atoms with Crippen molar-refractivity contribution >= 4 is 12.6 Å². The largest absolute Gasteiger partial charge is 0.496 e. The van der Waals surface area contributed by atoms with E-state index in [1.807, 2.05) is 6.07 Å². The molecule has 2 aliphatic rings. The van der Waals surface area contributed by atoms with E-state index >= 15 is 0 Å². The maximum atomic E-state index is 6.09. The first-order chi connectivity index (χ1) is 11.3. The molecular formula is C18H29BN2O3. The van der Waals surface area contributed by atoms with Gasteiger partial charge in [0.1, 0.15) is 5.75 Å². The van der Waals surface area contributed by atoms with Crippen molar-refractivity contribution in [3.63, 3.8) is 0 Å². The van der Waals surface area contributed by atoms with Gasteiger partial charge in [-0.05, 0) is 72.7 Å². The standard InChI is InChI=1S/C18H29BN2O3/c1-17(2)18(3,4)24-19(23-17)15-10-16(12-20-11-15)22-13-14-6-8-21(5)9-7-14/h10-12,14H,6-9,13H2,1-5H3. The molecule has 2 saturated heterocycles. The fraction of sp³-hybridized carbons (Fsp3) is 0.722. The second-order valence-electron chi connectivity index (χ2n) is 8.10. The summed E-state index contributed by atoms with van der Waals surface area (Å²) in [7, 11) is 1.78. The minimum absolute atomic E-state index is 0.345. The minimum Gasteiger partial charge on any atom is -0.492 e. The third-order valence-electron chi connectivity index (χ3n) is 5.58. The lowest BCUT2D eigenvalue weighted by Crippen LogP contribution is -2.41. The summed E-state index contributed by atoms with van der Waals surface area (Å²) in [6, 6.07) is 1.99. The van der Waals surface area contributed by atoms with E-state index in [0.717, 1.165) is 30.9 Å². The zero-order chi connectivity index (χ0) is 17.4. The molecule has 6 heteroatoms. The molecule has 1 aromatic rings. The van der Waals surface area contributed by atoms with Gasteiger partial charge in [-0.15, -0.1) is 0 Å². The quantitative estimate of drug-likeness (QED) is 0.790. The zero-order valence-corrected chi connectivity index (χ0v) is 15.5. The molecule has 0 spiro atoms. The molecule has 3 heterocycles. The van der Waals surface area contributed by atoms with Crippen LogP contribution in [-0.2, 0) is 9.31 Å². The Hall–Kier alpha value is -1.11. The van der Waals surface area contributed by atoms with Crippen LogP contribution in [-0.4, -0.2) is 54.9 Å². The van der Waals surface area contributed by atoms with Gasteiger partial charge in [-0.3, -0.25) is 4.98 Å². The Morgan fingerprint density at radius 2 is 1.79 bits per heavy atom. The van der Waals surface area contributed by atoms with Crippen LogP contribution in [0.1, 0.15) is 40.5 Å². The number of ether oxygens (including phenoxy) is 1. The molecule has 2 fully saturated rings. The highest BCUT2D eigenvalue weighted by atomic mass is 16.7. The van der Waals surface area contributed by atoms with Crippen LogP contribution in [0.4, 0.5) is 0 Å². The monoisotopic (exact) mass is 332 g/mol. The Balaban J connectivity index is 1.61. The fourth-order valence-electron chi connectivity index (χ4n) is 3.07. The number of pyridine rings is 1. The molecular weight excluding hydrogens is 303 g/mol. The molecule has 0 amide bonds. The highest BCUT2D eigenvalue weighted by molar-refractivity contribution is 6.62. The molecule has 0 atom stereocenters. The first-order valence-electron chi connectivity index (χ1n) is 8.89. The van der Waals surface area contributed by atoms with E-state index in [4.69, 9.17) is 14.0 Å². The number of likely N-dealkylation sites (tertiary alicyclic amines) is 1. The normalized spacial score (nSPS) is 24.3. The third-order valence-corrected chi connectivity index (χ3v) is 5.58. The number of nitrogens with zero attached hydrogens (tertiary/aromatic N) is 2. The van der Waals surface area contributed by atoms with Crippen LogP contribution < -0.4 is 10.2 Å². The van der Waals surface area contributed by atoms with Gasteiger partial charge in [0.15, 0.2) is 0 Å². The van der Waals surface area contributed by atoms with E-state index in [-0.39, 0.29) is 11.2 Å².